The number of nitrogens with one attached hydrogen (secondary N) is 1. The largest absolute Gasteiger partial charge is 0.459 e. The van der Waals surface area contributed by atoms with Gasteiger partial charge >= 0.3 is 12.1 Å². The minimum absolute atomic E-state index is 0.0518. The van der Waals surface area contributed by atoms with E-state index in [1.54, 1.807) is 0 Å². The van der Waals surface area contributed by atoms with Crippen LogP contribution in [0.4, 0.5) is 4.79 Å². The molecule has 0 spiro atoms. The second kappa shape index (κ2) is 9.04. The van der Waals surface area contributed by atoms with Crippen LogP contribution >= 0.6 is 0 Å². The highest BCUT2D eigenvalue weighted by Crippen LogP contribution is 2.11. The van der Waals surface area contributed by atoms with Gasteiger partial charge in [0.1, 0.15) is 18.8 Å². The average Bonchev–Trinajstić information content (AvgIpc) is 2.48. The molecule has 6 heteroatoms. The van der Waals surface area contributed by atoms with Gasteiger partial charge in [-0.1, -0.05) is 44.2 Å². The molecule has 0 aromatic heterocycles. The summed E-state index contributed by atoms with van der Waals surface area (Å²) in [7, 11) is 0. The van der Waals surface area contributed by atoms with Crippen molar-refractivity contribution < 1.29 is 24.2 Å². The summed E-state index contributed by atoms with van der Waals surface area (Å²) < 4.78 is 10.1. The summed E-state index contributed by atoms with van der Waals surface area (Å²) in [6, 6.07) is 9.27. The molecule has 0 saturated heterocycles. The molecule has 0 radical (unpaired) electrons. The predicted molar refractivity (Wildman–Crippen MR) is 81.0 cm³/mol. The van der Waals surface area contributed by atoms with Gasteiger partial charge in [0.15, 0.2) is 0 Å². The van der Waals surface area contributed by atoms with Crippen LogP contribution in [0.3, 0.4) is 0 Å². The predicted octanol–water partition coefficient (Wildman–Crippen LogP) is 1.86. The lowest BCUT2D eigenvalue weighted by atomic mass is 10.0. The highest BCUT2D eigenvalue weighted by molar-refractivity contribution is 5.67. The van der Waals surface area contributed by atoms with Crippen molar-refractivity contribution in [2.45, 2.75) is 39.6 Å². The lowest BCUT2D eigenvalue weighted by Crippen LogP contribution is -2.43. The maximum absolute atomic E-state index is 11.6. The summed E-state index contributed by atoms with van der Waals surface area (Å²) in [5.74, 6) is -0.537. The van der Waals surface area contributed by atoms with Crippen molar-refractivity contribution in [1.82, 2.24) is 5.32 Å². The first-order valence-corrected chi connectivity index (χ1v) is 7.20. The lowest BCUT2D eigenvalue weighted by Gasteiger charge is -2.25. The molecule has 0 aliphatic rings. The molecule has 0 unspecified atom stereocenters. The fourth-order valence-corrected chi connectivity index (χ4v) is 1.93. The van der Waals surface area contributed by atoms with Gasteiger partial charge in [0.25, 0.3) is 0 Å². The van der Waals surface area contributed by atoms with Gasteiger partial charge in [-0.3, -0.25) is 4.79 Å². The van der Waals surface area contributed by atoms with Crippen molar-refractivity contribution in [3.8, 4) is 0 Å². The van der Waals surface area contributed by atoms with Crippen LogP contribution in [0, 0.1) is 5.92 Å². The van der Waals surface area contributed by atoms with E-state index in [-0.39, 0.29) is 19.1 Å². The van der Waals surface area contributed by atoms with Crippen LogP contribution in [-0.2, 0) is 20.9 Å². The minimum atomic E-state index is -0.992. The Labute approximate surface area is 130 Å². The van der Waals surface area contributed by atoms with Crippen LogP contribution in [0.2, 0.25) is 0 Å². The molecule has 1 aromatic rings. The van der Waals surface area contributed by atoms with Gasteiger partial charge < -0.3 is 19.9 Å². The van der Waals surface area contributed by atoms with Gasteiger partial charge in [-0.15, -0.1) is 0 Å². The van der Waals surface area contributed by atoms with Crippen molar-refractivity contribution in [2.24, 2.45) is 5.92 Å². The zero-order valence-electron chi connectivity index (χ0n) is 13.1. The van der Waals surface area contributed by atoms with E-state index in [0.717, 1.165) is 5.56 Å². The molecular weight excluding hydrogens is 286 g/mol. The number of carbonyl (C=O) groups excluding carboxylic acids is 2. The Balaban J connectivity index is 2.36. The highest BCUT2D eigenvalue weighted by atomic mass is 16.6. The Morgan fingerprint density at radius 2 is 1.86 bits per heavy atom. The zero-order chi connectivity index (χ0) is 16.5. The van der Waals surface area contributed by atoms with E-state index in [1.807, 2.05) is 44.2 Å². The SMILES string of the molecule is CC(=O)O[C@H](C(C)C)[C@@H](O)CNC(=O)OCc1ccccc1. The molecule has 0 aliphatic carbocycles. The number of aliphatic hydroxyl groups excluding tert-OH is 1. The van der Waals surface area contributed by atoms with Crippen molar-refractivity contribution in [2.75, 3.05) is 6.54 Å². The number of amides is 1. The molecule has 1 aromatic carbocycles. The van der Waals surface area contributed by atoms with E-state index in [1.165, 1.54) is 6.92 Å². The van der Waals surface area contributed by atoms with E-state index in [2.05, 4.69) is 5.32 Å². The summed E-state index contributed by atoms with van der Waals surface area (Å²) in [5.41, 5.74) is 0.873. The Hall–Kier alpha value is -2.08. The quantitative estimate of drug-likeness (QED) is 0.751. The lowest BCUT2D eigenvalue weighted by molar-refractivity contribution is -0.155. The van der Waals surface area contributed by atoms with Crippen molar-refractivity contribution >= 4 is 12.1 Å². The molecule has 0 heterocycles. The minimum Gasteiger partial charge on any atom is -0.459 e. The second-order valence-corrected chi connectivity index (χ2v) is 5.33. The molecule has 2 atom stereocenters. The number of hydrogen-bond donors (Lipinski definition) is 2. The number of alkyl carbamates (subject to hydrolysis) is 1. The molecule has 2 N–H and O–H groups in total. The van der Waals surface area contributed by atoms with Crippen molar-refractivity contribution in [3.63, 3.8) is 0 Å². The van der Waals surface area contributed by atoms with Crippen LogP contribution < -0.4 is 5.32 Å². The van der Waals surface area contributed by atoms with Crippen molar-refractivity contribution in [1.29, 1.82) is 0 Å². The van der Waals surface area contributed by atoms with Crippen LogP contribution in [0.1, 0.15) is 26.3 Å². The van der Waals surface area contributed by atoms with Gasteiger partial charge in [0.05, 0.1) is 6.54 Å². The summed E-state index contributed by atoms with van der Waals surface area (Å²) in [5, 5.41) is 12.5. The second-order valence-electron chi connectivity index (χ2n) is 5.33. The molecule has 1 rings (SSSR count). The van der Waals surface area contributed by atoms with Crippen LogP contribution in [-0.4, -0.2) is 35.9 Å². The number of benzene rings is 1. The third-order valence-corrected chi connectivity index (χ3v) is 3.01. The normalized spacial score (nSPS) is 13.3. The Morgan fingerprint density at radius 1 is 1.23 bits per heavy atom. The maximum Gasteiger partial charge on any atom is 0.407 e. The first-order valence-electron chi connectivity index (χ1n) is 7.20. The summed E-state index contributed by atoms with van der Waals surface area (Å²) in [6.45, 7) is 5.03. The van der Waals surface area contributed by atoms with Gasteiger partial charge in [-0.25, -0.2) is 4.79 Å². The molecule has 22 heavy (non-hydrogen) atoms. The highest BCUT2D eigenvalue weighted by Gasteiger charge is 2.26. The third kappa shape index (κ3) is 6.58. The number of hydrogen-bond acceptors (Lipinski definition) is 5. The van der Waals surface area contributed by atoms with Crippen LogP contribution in [0.5, 0.6) is 0 Å². The van der Waals surface area contributed by atoms with Gasteiger partial charge in [-0.2, -0.15) is 0 Å². The zero-order valence-corrected chi connectivity index (χ0v) is 13.1. The number of ether oxygens (including phenoxy) is 2. The first kappa shape index (κ1) is 18.0. The van der Waals surface area contributed by atoms with Crippen LogP contribution in [0.15, 0.2) is 30.3 Å². The van der Waals surface area contributed by atoms with E-state index < -0.39 is 24.3 Å². The third-order valence-electron chi connectivity index (χ3n) is 3.01. The van der Waals surface area contributed by atoms with E-state index in [9.17, 15) is 14.7 Å². The Kier molecular flexibility index (Phi) is 7.39. The van der Waals surface area contributed by atoms with Crippen LogP contribution in [0.25, 0.3) is 0 Å². The smallest absolute Gasteiger partial charge is 0.407 e. The average molecular weight is 309 g/mol. The molecule has 0 bridgehead atoms. The number of rotatable bonds is 7. The molecular formula is C16H23NO5. The van der Waals surface area contributed by atoms with Gasteiger partial charge in [-0.05, 0) is 11.5 Å². The van der Waals surface area contributed by atoms with Crippen molar-refractivity contribution in [3.05, 3.63) is 35.9 Å². The molecule has 0 aliphatic heterocycles. The standard InChI is InChI=1S/C16H23NO5/c1-11(2)15(22-12(3)18)14(19)9-17-16(20)21-10-13-7-5-4-6-8-13/h4-8,11,14-15,19H,9-10H2,1-3H3,(H,17,20)/t14-,15+/m0/s1. The van der Waals surface area contributed by atoms with E-state index in [0.29, 0.717) is 0 Å². The van der Waals surface area contributed by atoms with E-state index >= 15 is 0 Å². The topological polar surface area (TPSA) is 84.9 Å². The summed E-state index contributed by atoms with van der Waals surface area (Å²) in [6.07, 6.45) is -2.30. The van der Waals surface area contributed by atoms with E-state index in [4.69, 9.17) is 9.47 Å². The molecule has 122 valence electrons. The van der Waals surface area contributed by atoms with Gasteiger partial charge in [0, 0.05) is 6.92 Å². The maximum atomic E-state index is 11.6. The molecule has 1 amide bonds. The Bertz CT molecular complexity index is 475. The molecule has 6 nitrogen and oxygen atoms in total. The number of aliphatic hydroxyl groups is 1. The summed E-state index contributed by atoms with van der Waals surface area (Å²) in [4.78, 5) is 22.6. The van der Waals surface area contributed by atoms with Gasteiger partial charge in [0.2, 0.25) is 0 Å². The number of esters is 1. The molecule has 0 fully saturated rings. The fraction of sp³-hybridized carbons (Fsp3) is 0.500. The number of carbonyl (C=O) groups is 2. The monoisotopic (exact) mass is 309 g/mol. The molecule has 0 saturated carbocycles. The first-order chi connectivity index (χ1) is 10.4. The summed E-state index contributed by atoms with van der Waals surface area (Å²) >= 11 is 0. The Morgan fingerprint density at radius 3 is 2.41 bits per heavy atom. The fourth-order valence-electron chi connectivity index (χ4n) is 1.93.